The number of ketones is 1. The number of sulfone groups is 1. The summed E-state index contributed by atoms with van der Waals surface area (Å²) in [5.74, 6) is -1.61. The number of ether oxygens (including phenoxy) is 1. The molecule has 7 nitrogen and oxygen atoms in total. The Hall–Kier alpha value is -3.00. The number of esters is 1. The van der Waals surface area contributed by atoms with Gasteiger partial charge in [0.15, 0.2) is 12.4 Å². The third-order valence-electron chi connectivity index (χ3n) is 5.73. The van der Waals surface area contributed by atoms with E-state index < -0.39 is 28.2 Å². The van der Waals surface area contributed by atoms with Crippen molar-refractivity contribution in [3.63, 3.8) is 0 Å². The van der Waals surface area contributed by atoms with Gasteiger partial charge >= 0.3 is 5.97 Å². The van der Waals surface area contributed by atoms with Crippen molar-refractivity contribution in [3.05, 3.63) is 59.2 Å². The number of nitrogens with one attached hydrogen (secondary N) is 1. The fraction of sp³-hybridized carbons (Fsp3) is 0.348. The van der Waals surface area contributed by atoms with E-state index in [1.54, 1.807) is 12.1 Å². The first-order chi connectivity index (χ1) is 14.9. The van der Waals surface area contributed by atoms with Gasteiger partial charge in [-0.05, 0) is 43.2 Å². The van der Waals surface area contributed by atoms with Crippen LogP contribution >= 0.6 is 0 Å². The SMILES string of the molecule is O=C(COC(=O)c1ccc2c(c1)S(=O)(=O)c1ccccc1C2=O)NC1CCCCCC1. The van der Waals surface area contributed by atoms with Crippen LogP contribution in [0.3, 0.4) is 0 Å². The third-order valence-corrected chi connectivity index (χ3v) is 7.58. The van der Waals surface area contributed by atoms with Gasteiger partial charge < -0.3 is 10.1 Å². The highest BCUT2D eigenvalue weighted by atomic mass is 32.2. The standard InChI is InChI=1S/C23H23NO6S/c25-21(24-16-7-3-1-2-4-8-16)14-30-23(27)15-11-12-18-20(13-15)31(28,29)19-10-6-5-9-17(19)22(18)26/h5-6,9-13,16H,1-4,7-8,14H2,(H,24,25). The zero-order valence-corrected chi connectivity index (χ0v) is 17.7. The van der Waals surface area contributed by atoms with Gasteiger partial charge in [0.05, 0.1) is 15.4 Å². The maximum absolute atomic E-state index is 13.0. The van der Waals surface area contributed by atoms with E-state index in [0.29, 0.717) is 0 Å². The highest BCUT2D eigenvalue weighted by molar-refractivity contribution is 7.91. The van der Waals surface area contributed by atoms with Gasteiger partial charge in [-0.25, -0.2) is 13.2 Å². The summed E-state index contributed by atoms with van der Waals surface area (Å²) in [6, 6.07) is 9.86. The molecular formula is C23H23NO6S. The number of hydrogen-bond donors (Lipinski definition) is 1. The molecule has 0 spiro atoms. The Morgan fingerprint density at radius 2 is 1.61 bits per heavy atom. The number of rotatable bonds is 4. The Balaban J connectivity index is 1.47. The van der Waals surface area contributed by atoms with Crippen LogP contribution in [0.1, 0.15) is 64.8 Å². The molecule has 1 saturated carbocycles. The van der Waals surface area contributed by atoms with Crippen LogP contribution in [0.15, 0.2) is 52.3 Å². The number of fused-ring (bicyclic) bond motifs is 2. The van der Waals surface area contributed by atoms with Gasteiger partial charge in [0.2, 0.25) is 9.84 Å². The van der Waals surface area contributed by atoms with Crippen LogP contribution in [0.2, 0.25) is 0 Å². The van der Waals surface area contributed by atoms with E-state index in [0.717, 1.165) is 44.6 Å². The summed E-state index contributed by atoms with van der Waals surface area (Å²) in [4.78, 5) is 36.9. The molecule has 0 atom stereocenters. The first kappa shape index (κ1) is 21.2. The summed E-state index contributed by atoms with van der Waals surface area (Å²) in [5.41, 5.74) is 0.0960. The summed E-state index contributed by atoms with van der Waals surface area (Å²) in [5, 5.41) is 2.89. The molecule has 31 heavy (non-hydrogen) atoms. The first-order valence-electron chi connectivity index (χ1n) is 10.4. The van der Waals surface area contributed by atoms with Crippen molar-refractivity contribution in [1.82, 2.24) is 5.32 Å². The Kier molecular flexibility index (Phi) is 5.91. The van der Waals surface area contributed by atoms with Crippen LogP contribution in [0.5, 0.6) is 0 Å². The molecular weight excluding hydrogens is 418 g/mol. The zero-order valence-electron chi connectivity index (χ0n) is 16.9. The predicted octanol–water partition coefficient (Wildman–Crippen LogP) is 3.06. The molecule has 1 N–H and O–H groups in total. The Labute approximate surface area is 180 Å². The Bertz CT molecular complexity index is 1150. The van der Waals surface area contributed by atoms with E-state index in [-0.39, 0.29) is 38.4 Å². The lowest BCUT2D eigenvalue weighted by molar-refractivity contribution is -0.125. The van der Waals surface area contributed by atoms with Gasteiger partial charge in [-0.3, -0.25) is 9.59 Å². The lowest BCUT2D eigenvalue weighted by Gasteiger charge is -2.19. The predicted molar refractivity (Wildman–Crippen MR) is 112 cm³/mol. The lowest BCUT2D eigenvalue weighted by atomic mass is 10.0. The summed E-state index contributed by atoms with van der Waals surface area (Å²) in [6.45, 7) is -0.444. The quantitative estimate of drug-likeness (QED) is 0.493. The van der Waals surface area contributed by atoms with Crippen molar-refractivity contribution in [1.29, 1.82) is 0 Å². The highest BCUT2D eigenvalue weighted by Crippen LogP contribution is 2.34. The van der Waals surface area contributed by atoms with Crippen LogP contribution in [0, 0.1) is 0 Å². The molecule has 4 rings (SSSR count). The van der Waals surface area contributed by atoms with E-state index >= 15 is 0 Å². The largest absolute Gasteiger partial charge is 0.452 e. The minimum Gasteiger partial charge on any atom is -0.452 e. The molecule has 1 fully saturated rings. The Morgan fingerprint density at radius 3 is 2.35 bits per heavy atom. The molecule has 0 bridgehead atoms. The number of carbonyl (C=O) groups excluding carboxylic acids is 3. The van der Waals surface area contributed by atoms with Crippen LogP contribution in [0.25, 0.3) is 0 Å². The molecule has 1 aliphatic carbocycles. The maximum Gasteiger partial charge on any atom is 0.338 e. The fourth-order valence-electron chi connectivity index (χ4n) is 4.12. The second-order valence-corrected chi connectivity index (χ2v) is 9.76. The first-order valence-corrected chi connectivity index (χ1v) is 11.9. The second kappa shape index (κ2) is 8.63. The minimum absolute atomic E-state index is 0.0151. The number of benzene rings is 2. The highest BCUT2D eigenvalue weighted by Gasteiger charge is 2.35. The average molecular weight is 442 g/mol. The van der Waals surface area contributed by atoms with Crippen molar-refractivity contribution < 1.29 is 27.5 Å². The summed E-state index contributed by atoms with van der Waals surface area (Å²) in [6.07, 6.45) is 6.28. The smallest absolute Gasteiger partial charge is 0.338 e. The van der Waals surface area contributed by atoms with Gasteiger partial charge in [-0.1, -0.05) is 37.8 Å². The minimum atomic E-state index is -3.95. The number of amides is 1. The van der Waals surface area contributed by atoms with Crippen LogP contribution < -0.4 is 5.32 Å². The van der Waals surface area contributed by atoms with E-state index in [1.165, 1.54) is 24.3 Å². The molecule has 2 aliphatic rings. The van der Waals surface area contributed by atoms with E-state index in [2.05, 4.69) is 5.32 Å². The Morgan fingerprint density at radius 1 is 0.935 bits per heavy atom. The van der Waals surface area contributed by atoms with Crippen molar-refractivity contribution >= 4 is 27.5 Å². The molecule has 2 aromatic rings. The molecule has 0 saturated heterocycles. The summed E-state index contributed by atoms with van der Waals surface area (Å²) in [7, 11) is -3.95. The third kappa shape index (κ3) is 4.25. The molecule has 0 radical (unpaired) electrons. The van der Waals surface area contributed by atoms with Gasteiger partial charge in [0, 0.05) is 17.2 Å². The molecule has 162 valence electrons. The van der Waals surface area contributed by atoms with Crippen molar-refractivity contribution in [2.75, 3.05) is 6.61 Å². The van der Waals surface area contributed by atoms with E-state index in [1.807, 2.05) is 0 Å². The second-order valence-electron chi connectivity index (χ2n) is 7.87. The molecule has 1 aliphatic heterocycles. The summed E-state index contributed by atoms with van der Waals surface area (Å²) >= 11 is 0. The topological polar surface area (TPSA) is 107 Å². The molecule has 2 aromatic carbocycles. The monoisotopic (exact) mass is 441 g/mol. The van der Waals surface area contributed by atoms with Gasteiger partial charge in [-0.15, -0.1) is 0 Å². The average Bonchev–Trinajstić information content (AvgIpc) is 3.04. The molecule has 1 heterocycles. The van der Waals surface area contributed by atoms with E-state index in [4.69, 9.17) is 4.74 Å². The summed E-state index contributed by atoms with van der Waals surface area (Å²) < 4.78 is 31.0. The number of hydrogen-bond acceptors (Lipinski definition) is 6. The van der Waals surface area contributed by atoms with Crippen LogP contribution in [0.4, 0.5) is 0 Å². The molecule has 0 aromatic heterocycles. The van der Waals surface area contributed by atoms with Crippen molar-refractivity contribution in [3.8, 4) is 0 Å². The van der Waals surface area contributed by atoms with Crippen LogP contribution in [-0.4, -0.2) is 38.7 Å². The molecule has 0 unspecified atom stereocenters. The molecule has 8 heteroatoms. The lowest BCUT2D eigenvalue weighted by Crippen LogP contribution is -2.37. The van der Waals surface area contributed by atoms with Crippen LogP contribution in [-0.2, 0) is 19.4 Å². The molecule has 1 amide bonds. The van der Waals surface area contributed by atoms with Gasteiger partial charge in [0.25, 0.3) is 5.91 Å². The van der Waals surface area contributed by atoms with Gasteiger partial charge in [-0.2, -0.15) is 0 Å². The fourth-order valence-corrected chi connectivity index (χ4v) is 5.80. The van der Waals surface area contributed by atoms with Crippen molar-refractivity contribution in [2.24, 2.45) is 0 Å². The number of carbonyl (C=O) groups is 3. The zero-order chi connectivity index (χ0) is 22.0. The van der Waals surface area contributed by atoms with Gasteiger partial charge in [0.1, 0.15) is 0 Å². The normalized spacial score (nSPS) is 17.7. The maximum atomic E-state index is 13.0. The van der Waals surface area contributed by atoms with Crippen molar-refractivity contribution in [2.45, 2.75) is 54.4 Å². The van der Waals surface area contributed by atoms with E-state index in [9.17, 15) is 22.8 Å².